The molecule has 0 aromatic rings. The Morgan fingerprint density at radius 1 is 1.36 bits per heavy atom. The van der Waals surface area contributed by atoms with E-state index in [9.17, 15) is 13.0 Å². The lowest BCUT2D eigenvalue weighted by Crippen LogP contribution is -2.49. The second-order valence-corrected chi connectivity index (χ2v) is 5.00. The van der Waals surface area contributed by atoms with E-state index in [4.69, 9.17) is 0 Å². The van der Waals surface area contributed by atoms with Gasteiger partial charge in [-0.15, -0.1) is 0 Å². The molecule has 0 bridgehead atoms. The molecule has 11 heavy (non-hydrogen) atoms. The van der Waals surface area contributed by atoms with Crippen LogP contribution in [0.4, 0.5) is 0 Å². The van der Waals surface area contributed by atoms with Crippen molar-refractivity contribution in [3.8, 4) is 0 Å². The van der Waals surface area contributed by atoms with Crippen LogP contribution in [0.1, 0.15) is 13.3 Å². The highest BCUT2D eigenvalue weighted by Gasteiger charge is 2.27. The summed E-state index contributed by atoms with van der Waals surface area (Å²) >= 11 is 0. The molecule has 0 saturated heterocycles. The fourth-order valence-corrected chi connectivity index (χ4v) is 2.32. The summed E-state index contributed by atoms with van der Waals surface area (Å²) in [5, 5.41) is -0.831. The van der Waals surface area contributed by atoms with Gasteiger partial charge in [-0.1, -0.05) is 6.92 Å². The number of rotatable bonds is 3. The molecule has 0 N–H and O–H groups in total. The van der Waals surface area contributed by atoms with E-state index < -0.39 is 15.5 Å². The smallest absolute Gasteiger partial charge is 0.178 e. The van der Waals surface area contributed by atoms with Crippen molar-refractivity contribution in [3.63, 3.8) is 0 Å². The van der Waals surface area contributed by atoms with Gasteiger partial charge in [0.25, 0.3) is 0 Å². The lowest BCUT2D eigenvalue weighted by molar-refractivity contribution is -0.882. The van der Waals surface area contributed by atoms with Gasteiger partial charge < -0.3 is 9.04 Å². The first-order chi connectivity index (χ1) is 4.69. The number of nitrogens with zero attached hydrogens (tertiary/aromatic N) is 1. The molecule has 0 rings (SSSR count). The van der Waals surface area contributed by atoms with Gasteiger partial charge in [-0.2, -0.15) is 0 Å². The minimum atomic E-state index is -4.15. The maximum Gasteiger partial charge on any atom is 0.178 e. The van der Waals surface area contributed by atoms with Crippen LogP contribution in [0.3, 0.4) is 0 Å². The minimum Gasteiger partial charge on any atom is -0.743 e. The Kier molecular flexibility index (Phi) is 3.05. The average molecular weight is 181 g/mol. The zero-order valence-corrected chi connectivity index (χ0v) is 8.18. The SMILES string of the molecule is CCC([N+](C)(C)C)S(=O)(=O)[O-]. The van der Waals surface area contributed by atoms with Crippen molar-refractivity contribution in [3.05, 3.63) is 0 Å². The molecule has 1 unspecified atom stereocenters. The highest BCUT2D eigenvalue weighted by atomic mass is 32.2. The van der Waals surface area contributed by atoms with Crippen LogP contribution >= 0.6 is 0 Å². The molecule has 0 heterocycles. The van der Waals surface area contributed by atoms with Crippen LogP contribution in [0, 0.1) is 0 Å². The van der Waals surface area contributed by atoms with E-state index in [0.717, 1.165) is 0 Å². The van der Waals surface area contributed by atoms with Crippen LogP contribution in [-0.2, 0) is 10.1 Å². The molecule has 0 radical (unpaired) electrons. The van der Waals surface area contributed by atoms with Crippen molar-refractivity contribution in [1.82, 2.24) is 0 Å². The summed E-state index contributed by atoms with van der Waals surface area (Å²) in [6.45, 7) is 1.70. The Morgan fingerprint density at radius 3 is 1.73 bits per heavy atom. The maximum absolute atomic E-state index is 10.6. The summed E-state index contributed by atoms with van der Waals surface area (Å²) in [6.07, 6.45) is 0.356. The van der Waals surface area contributed by atoms with E-state index >= 15 is 0 Å². The van der Waals surface area contributed by atoms with Crippen molar-refractivity contribution in [2.75, 3.05) is 21.1 Å². The Labute approximate surface area is 68.2 Å². The normalized spacial score (nSPS) is 16.5. The lowest BCUT2D eigenvalue weighted by Gasteiger charge is -2.34. The van der Waals surface area contributed by atoms with Crippen LogP contribution in [-0.4, -0.2) is 44.0 Å². The maximum atomic E-state index is 10.6. The minimum absolute atomic E-state index is 0.169. The third-order valence-electron chi connectivity index (χ3n) is 1.55. The number of hydrogen-bond acceptors (Lipinski definition) is 3. The zero-order valence-electron chi connectivity index (χ0n) is 7.36. The second-order valence-electron chi connectivity index (χ2n) is 3.47. The molecular formula is C6H15NO3S. The standard InChI is InChI=1S/C6H15NO3S/c1-5-6(7(2,3)4)11(8,9)10/h6H,5H2,1-4H3. The highest BCUT2D eigenvalue weighted by molar-refractivity contribution is 7.86. The third-order valence-corrected chi connectivity index (χ3v) is 3.18. The summed E-state index contributed by atoms with van der Waals surface area (Å²) in [7, 11) is 0.944. The first kappa shape index (κ1) is 10.9. The van der Waals surface area contributed by atoms with Crippen LogP contribution < -0.4 is 0 Å². The number of quaternary nitrogens is 1. The fraction of sp³-hybridized carbons (Fsp3) is 1.00. The molecule has 0 aromatic heterocycles. The van der Waals surface area contributed by atoms with Gasteiger partial charge in [0.05, 0.1) is 21.1 Å². The van der Waals surface area contributed by atoms with Crippen LogP contribution in [0.25, 0.3) is 0 Å². The topological polar surface area (TPSA) is 57.2 Å². The van der Waals surface area contributed by atoms with Gasteiger partial charge in [-0.05, 0) is 0 Å². The van der Waals surface area contributed by atoms with Gasteiger partial charge in [0.15, 0.2) is 5.37 Å². The summed E-state index contributed by atoms with van der Waals surface area (Å²) in [4.78, 5) is 0. The fourth-order valence-electron chi connectivity index (χ4n) is 1.14. The van der Waals surface area contributed by atoms with E-state index in [-0.39, 0.29) is 4.48 Å². The van der Waals surface area contributed by atoms with E-state index in [1.807, 2.05) is 0 Å². The van der Waals surface area contributed by atoms with Crippen LogP contribution in [0.2, 0.25) is 0 Å². The summed E-state index contributed by atoms with van der Waals surface area (Å²) in [5.41, 5.74) is 0. The lowest BCUT2D eigenvalue weighted by atomic mass is 10.4. The van der Waals surface area contributed by atoms with Crippen molar-refractivity contribution in [2.24, 2.45) is 0 Å². The molecule has 0 aliphatic carbocycles. The predicted molar refractivity (Wildman–Crippen MR) is 41.8 cm³/mol. The van der Waals surface area contributed by atoms with Crippen LogP contribution in [0.5, 0.6) is 0 Å². The Morgan fingerprint density at radius 2 is 1.73 bits per heavy atom. The van der Waals surface area contributed by atoms with Crippen molar-refractivity contribution >= 4 is 10.1 Å². The zero-order chi connectivity index (χ0) is 9.28. The first-order valence-corrected chi connectivity index (χ1v) is 4.92. The van der Waals surface area contributed by atoms with Gasteiger partial charge >= 0.3 is 0 Å². The van der Waals surface area contributed by atoms with Crippen molar-refractivity contribution < 1.29 is 17.5 Å². The Hall–Kier alpha value is -0.130. The van der Waals surface area contributed by atoms with Gasteiger partial charge in [-0.25, -0.2) is 8.42 Å². The molecule has 0 aliphatic rings. The molecular weight excluding hydrogens is 166 g/mol. The molecule has 0 spiro atoms. The molecule has 68 valence electrons. The van der Waals surface area contributed by atoms with Crippen molar-refractivity contribution in [2.45, 2.75) is 18.7 Å². The monoisotopic (exact) mass is 181 g/mol. The van der Waals surface area contributed by atoms with E-state index in [0.29, 0.717) is 6.42 Å². The molecule has 0 aromatic carbocycles. The third kappa shape index (κ3) is 3.18. The number of hydrogen-bond donors (Lipinski definition) is 0. The molecule has 0 saturated carbocycles. The summed E-state index contributed by atoms with van der Waals surface area (Å²) < 4.78 is 32.1. The molecule has 5 heteroatoms. The summed E-state index contributed by atoms with van der Waals surface area (Å²) in [5.74, 6) is 0. The summed E-state index contributed by atoms with van der Waals surface area (Å²) in [6, 6.07) is 0. The predicted octanol–water partition coefficient (Wildman–Crippen LogP) is -0.0261. The molecule has 1 atom stereocenters. The molecule has 0 fully saturated rings. The highest BCUT2D eigenvalue weighted by Crippen LogP contribution is 2.12. The van der Waals surface area contributed by atoms with E-state index in [1.54, 1.807) is 28.1 Å². The molecule has 4 nitrogen and oxygen atoms in total. The second kappa shape index (κ2) is 3.08. The van der Waals surface area contributed by atoms with E-state index in [1.165, 1.54) is 0 Å². The average Bonchev–Trinajstić information content (AvgIpc) is 1.56. The Balaban J connectivity index is 4.72. The van der Waals surface area contributed by atoms with Gasteiger partial charge in [0.2, 0.25) is 0 Å². The first-order valence-electron chi connectivity index (χ1n) is 3.45. The van der Waals surface area contributed by atoms with Crippen LogP contribution in [0.15, 0.2) is 0 Å². The largest absolute Gasteiger partial charge is 0.743 e. The van der Waals surface area contributed by atoms with E-state index in [2.05, 4.69) is 0 Å². The van der Waals surface area contributed by atoms with Gasteiger partial charge in [0.1, 0.15) is 10.1 Å². The molecule has 0 amide bonds. The van der Waals surface area contributed by atoms with Crippen molar-refractivity contribution in [1.29, 1.82) is 0 Å². The molecule has 0 aliphatic heterocycles. The van der Waals surface area contributed by atoms with Gasteiger partial charge in [0, 0.05) is 6.42 Å². The van der Waals surface area contributed by atoms with Gasteiger partial charge in [-0.3, -0.25) is 0 Å². The Bertz CT molecular complexity index is 214. The quantitative estimate of drug-likeness (QED) is 0.454.